The van der Waals surface area contributed by atoms with Crippen LogP contribution in [0.3, 0.4) is 0 Å². The van der Waals surface area contributed by atoms with Crippen molar-refractivity contribution in [1.82, 2.24) is 10.2 Å². The highest BCUT2D eigenvalue weighted by Crippen LogP contribution is 2.23. The highest BCUT2D eigenvalue weighted by atomic mass is 19.4. The van der Waals surface area contributed by atoms with E-state index >= 15 is 0 Å². The fourth-order valence-corrected chi connectivity index (χ4v) is 3.14. The topological polar surface area (TPSA) is 67.9 Å². The standard InChI is InChI=1S/C20H27F3N2O4/c1-19(2,3)29-18(27)24-13-15-6-4-5-11-25(15)17(26)12-14-7-9-16(10-8-14)28-20(21,22)23/h7-10,15H,4-6,11-13H2,1-3H3,(H,24,27). The zero-order valence-corrected chi connectivity index (χ0v) is 16.8. The summed E-state index contributed by atoms with van der Waals surface area (Å²) in [4.78, 5) is 26.3. The summed E-state index contributed by atoms with van der Waals surface area (Å²) in [5.74, 6) is -0.462. The summed E-state index contributed by atoms with van der Waals surface area (Å²) >= 11 is 0. The first-order valence-corrected chi connectivity index (χ1v) is 9.54. The van der Waals surface area contributed by atoms with Crippen LogP contribution in [-0.4, -0.2) is 48.0 Å². The van der Waals surface area contributed by atoms with E-state index in [1.54, 1.807) is 25.7 Å². The number of amides is 2. The predicted molar refractivity (Wildman–Crippen MR) is 100 cm³/mol. The minimum Gasteiger partial charge on any atom is -0.444 e. The van der Waals surface area contributed by atoms with Gasteiger partial charge >= 0.3 is 12.5 Å². The lowest BCUT2D eigenvalue weighted by Crippen LogP contribution is -2.50. The minimum absolute atomic E-state index is 0.0647. The molecule has 1 aromatic rings. The molecule has 6 nitrogen and oxygen atoms in total. The van der Waals surface area contributed by atoms with Crippen LogP contribution in [0.15, 0.2) is 24.3 Å². The highest BCUT2D eigenvalue weighted by Gasteiger charge is 2.31. The Kier molecular flexibility index (Phi) is 7.37. The monoisotopic (exact) mass is 416 g/mol. The van der Waals surface area contributed by atoms with Gasteiger partial charge in [-0.1, -0.05) is 12.1 Å². The van der Waals surface area contributed by atoms with Crippen molar-refractivity contribution in [3.63, 3.8) is 0 Å². The Morgan fingerprint density at radius 1 is 1.14 bits per heavy atom. The summed E-state index contributed by atoms with van der Waals surface area (Å²) in [7, 11) is 0. The number of hydrogen-bond acceptors (Lipinski definition) is 4. The summed E-state index contributed by atoms with van der Waals surface area (Å²) in [6, 6.07) is 5.12. The van der Waals surface area contributed by atoms with E-state index in [1.807, 2.05) is 0 Å². The molecule has 0 radical (unpaired) electrons. The molecule has 0 saturated carbocycles. The van der Waals surface area contributed by atoms with Gasteiger partial charge in [-0.15, -0.1) is 13.2 Å². The third-order valence-electron chi connectivity index (χ3n) is 4.34. The van der Waals surface area contributed by atoms with Gasteiger partial charge in [-0.2, -0.15) is 0 Å². The van der Waals surface area contributed by atoms with E-state index in [9.17, 15) is 22.8 Å². The van der Waals surface area contributed by atoms with E-state index in [2.05, 4.69) is 10.1 Å². The summed E-state index contributed by atoms with van der Waals surface area (Å²) in [6.07, 6.45) is -2.63. The number of piperidine rings is 1. The largest absolute Gasteiger partial charge is 0.573 e. The predicted octanol–water partition coefficient (Wildman–Crippen LogP) is 4.03. The van der Waals surface area contributed by atoms with Crippen LogP contribution in [0, 0.1) is 0 Å². The minimum atomic E-state index is -4.75. The summed E-state index contributed by atoms with van der Waals surface area (Å²) < 4.78 is 45.8. The van der Waals surface area contributed by atoms with Gasteiger partial charge in [0.2, 0.25) is 5.91 Å². The number of benzene rings is 1. The number of halogens is 3. The summed E-state index contributed by atoms with van der Waals surface area (Å²) in [5, 5.41) is 2.71. The number of nitrogens with one attached hydrogen (secondary N) is 1. The number of carbonyl (C=O) groups is 2. The molecule has 0 aliphatic carbocycles. The molecule has 1 heterocycles. The number of nitrogens with zero attached hydrogens (tertiary/aromatic N) is 1. The van der Waals surface area contributed by atoms with E-state index in [4.69, 9.17) is 4.74 Å². The molecule has 0 bridgehead atoms. The second kappa shape index (κ2) is 9.37. The number of rotatable bonds is 5. The zero-order chi connectivity index (χ0) is 21.7. The van der Waals surface area contributed by atoms with Gasteiger partial charge in [0.1, 0.15) is 11.4 Å². The molecule has 0 aromatic heterocycles. The molecular weight excluding hydrogens is 389 g/mol. The number of alkyl carbamates (subject to hydrolysis) is 1. The molecule has 1 atom stereocenters. The van der Waals surface area contributed by atoms with Crippen LogP contribution < -0.4 is 10.1 Å². The smallest absolute Gasteiger partial charge is 0.444 e. The fraction of sp³-hybridized carbons (Fsp3) is 0.600. The number of alkyl halides is 3. The Labute approximate surface area is 168 Å². The third kappa shape index (κ3) is 8.21. The Balaban J connectivity index is 1.92. The van der Waals surface area contributed by atoms with E-state index in [0.29, 0.717) is 18.7 Å². The van der Waals surface area contributed by atoms with Crippen LogP contribution in [0.25, 0.3) is 0 Å². The number of likely N-dealkylation sites (tertiary alicyclic amines) is 1. The third-order valence-corrected chi connectivity index (χ3v) is 4.34. The average Bonchev–Trinajstić information content (AvgIpc) is 2.59. The van der Waals surface area contributed by atoms with Crippen LogP contribution in [0.4, 0.5) is 18.0 Å². The van der Waals surface area contributed by atoms with E-state index < -0.39 is 18.1 Å². The number of carbonyl (C=O) groups excluding carboxylic acids is 2. The molecule has 1 aliphatic rings. The Morgan fingerprint density at radius 2 is 1.79 bits per heavy atom. The van der Waals surface area contributed by atoms with Crippen molar-refractivity contribution in [3.8, 4) is 5.75 Å². The lowest BCUT2D eigenvalue weighted by atomic mass is 10.0. The molecule has 29 heavy (non-hydrogen) atoms. The van der Waals surface area contributed by atoms with Gasteiger partial charge in [0.15, 0.2) is 0 Å². The van der Waals surface area contributed by atoms with Crippen molar-refractivity contribution in [3.05, 3.63) is 29.8 Å². The second-order valence-electron chi connectivity index (χ2n) is 7.99. The quantitative estimate of drug-likeness (QED) is 0.787. The van der Waals surface area contributed by atoms with Crippen LogP contribution in [-0.2, 0) is 16.0 Å². The molecule has 0 spiro atoms. The van der Waals surface area contributed by atoms with Gasteiger partial charge in [0.05, 0.1) is 6.42 Å². The first kappa shape index (κ1) is 22.8. The lowest BCUT2D eigenvalue weighted by molar-refractivity contribution is -0.274. The van der Waals surface area contributed by atoms with E-state index in [0.717, 1.165) is 19.3 Å². The van der Waals surface area contributed by atoms with E-state index in [-0.39, 0.29) is 24.1 Å². The Bertz CT molecular complexity index is 699. The summed E-state index contributed by atoms with van der Waals surface area (Å²) in [6.45, 7) is 6.18. The van der Waals surface area contributed by atoms with Crippen molar-refractivity contribution in [2.75, 3.05) is 13.1 Å². The molecule has 9 heteroatoms. The molecule has 2 amide bonds. The molecule has 2 rings (SSSR count). The average molecular weight is 416 g/mol. The van der Waals surface area contributed by atoms with Gasteiger partial charge in [-0.3, -0.25) is 4.79 Å². The zero-order valence-electron chi connectivity index (χ0n) is 16.8. The van der Waals surface area contributed by atoms with Crippen LogP contribution in [0.2, 0.25) is 0 Å². The molecule has 1 fully saturated rings. The first-order chi connectivity index (χ1) is 13.4. The molecule has 1 aromatic carbocycles. The Morgan fingerprint density at radius 3 is 2.38 bits per heavy atom. The molecular formula is C20H27F3N2O4. The van der Waals surface area contributed by atoms with Crippen molar-refractivity contribution in [2.24, 2.45) is 0 Å². The highest BCUT2D eigenvalue weighted by molar-refractivity contribution is 5.79. The molecule has 162 valence electrons. The molecule has 1 N–H and O–H groups in total. The second-order valence-corrected chi connectivity index (χ2v) is 7.99. The Hall–Kier alpha value is -2.45. The van der Waals surface area contributed by atoms with Gasteiger partial charge in [-0.05, 0) is 57.7 Å². The lowest BCUT2D eigenvalue weighted by Gasteiger charge is -2.36. The number of hydrogen-bond donors (Lipinski definition) is 1. The van der Waals surface area contributed by atoms with Crippen molar-refractivity contribution >= 4 is 12.0 Å². The van der Waals surface area contributed by atoms with Crippen molar-refractivity contribution in [1.29, 1.82) is 0 Å². The molecule has 1 aliphatic heterocycles. The first-order valence-electron chi connectivity index (χ1n) is 9.54. The van der Waals surface area contributed by atoms with Gasteiger partial charge in [-0.25, -0.2) is 4.79 Å². The fourth-order valence-electron chi connectivity index (χ4n) is 3.14. The number of ether oxygens (including phenoxy) is 2. The van der Waals surface area contributed by atoms with Crippen LogP contribution >= 0.6 is 0 Å². The van der Waals surface area contributed by atoms with Gasteiger partial charge in [0, 0.05) is 19.1 Å². The maximum atomic E-state index is 12.7. The molecule has 1 saturated heterocycles. The van der Waals surface area contributed by atoms with Crippen LogP contribution in [0.5, 0.6) is 5.75 Å². The maximum Gasteiger partial charge on any atom is 0.573 e. The SMILES string of the molecule is CC(C)(C)OC(=O)NCC1CCCCN1C(=O)Cc1ccc(OC(F)(F)F)cc1. The molecule has 1 unspecified atom stereocenters. The normalized spacial score (nSPS) is 17.6. The van der Waals surface area contributed by atoms with Crippen LogP contribution in [0.1, 0.15) is 45.6 Å². The summed E-state index contributed by atoms with van der Waals surface area (Å²) in [5.41, 5.74) is -0.0114. The van der Waals surface area contributed by atoms with Gasteiger partial charge in [0.25, 0.3) is 0 Å². The maximum absolute atomic E-state index is 12.7. The van der Waals surface area contributed by atoms with Gasteiger partial charge < -0.3 is 19.7 Å². The van der Waals surface area contributed by atoms with E-state index in [1.165, 1.54) is 24.3 Å². The van der Waals surface area contributed by atoms with Crippen molar-refractivity contribution in [2.45, 2.75) is 64.5 Å². The van der Waals surface area contributed by atoms with Crippen molar-refractivity contribution < 1.29 is 32.2 Å².